The number of ether oxygens (including phenoxy) is 1. The highest BCUT2D eigenvalue weighted by molar-refractivity contribution is 8.12. The minimum absolute atomic E-state index is 0.135. The molecule has 0 aromatic heterocycles. The summed E-state index contributed by atoms with van der Waals surface area (Å²) in [6.45, 7) is 4.24. The minimum Gasteiger partial charge on any atom is -0.416 e. The van der Waals surface area contributed by atoms with Crippen LogP contribution in [0.25, 0.3) is 11.3 Å². The first kappa shape index (κ1) is 23.6. The first-order chi connectivity index (χ1) is 14.2. The van der Waals surface area contributed by atoms with Gasteiger partial charge in [0.1, 0.15) is 11.6 Å². The highest BCUT2D eigenvalue weighted by atomic mass is 32.2. The molecule has 3 nitrogen and oxygen atoms in total. The molecular weight excluding hydrogens is 411 g/mol. The third-order valence-corrected chi connectivity index (χ3v) is 4.84. The molecule has 0 spiro atoms. The van der Waals surface area contributed by atoms with Gasteiger partial charge in [0.2, 0.25) is 0 Å². The van der Waals surface area contributed by atoms with Crippen LogP contribution in [0.1, 0.15) is 42.5 Å². The van der Waals surface area contributed by atoms with Gasteiger partial charge >= 0.3 is 11.5 Å². The Balaban J connectivity index is 2.61. The minimum atomic E-state index is -4.67. The molecule has 0 aliphatic heterocycles. The normalized spacial score (nSPS) is 12.3. The molecule has 30 heavy (non-hydrogen) atoms. The van der Waals surface area contributed by atoms with Crippen LogP contribution >= 0.6 is 11.8 Å². The van der Waals surface area contributed by atoms with E-state index in [0.29, 0.717) is 23.2 Å². The predicted molar refractivity (Wildman–Crippen MR) is 113 cm³/mol. The Bertz CT molecular complexity index is 958. The maximum absolute atomic E-state index is 13.5. The van der Waals surface area contributed by atoms with Crippen molar-refractivity contribution in [3.8, 4) is 6.07 Å². The molecule has 0 unspecified atom stereocenters. The van der Waals surface area contributed by atoms with Gasteiger partial charge in [-0.2, -0.15) is 18.4 Å². The number of rotatable bonds is 6. The second kappa shape index (κ2) is 10.4. The molecule has 2 aromatic rings. The summed E-state index contributed by atoms with van der Waals surface area (Å²) in [6.07, 6.45) is -1.37. The zero-order valence-electron chi connectivity index (χ0n) is 16.9. The van der Waals surface area contributed by atoms with Crippen LogP contribution in [0.3, 0.4) is 0 Å². The molecule has 0 aliphatic carbocycles. The van der Waals surface area contributed by atoms with Crippen LogP contribution < -0.4 is 0 Å². The van der Waals surface area contributed by atoms with E-state index in [-0.39, 0.29) is 11.1 Å². The van der Waals surface area contributed by atoms with Crippen LogP contribution in [-0.2, 0) is 17.3 Å². The molecular formula is C23H22F3NO2S. The van der Waals surface area contributed by atoms with E-state index in [1.807, 2.05) is 18.2 Å². The van der Waals surface area contributed by atoms with Crippen LogP contribution in [-0.4, -0.2) is 11.6 Å². The Hall–Kier alpha value is -2.72. The van der Waals surface area contributed by atoms with Gasteiger partial charge in [0.05, 0.1) is 5.56 Å². The van der Waals surface area contributed by atoms with Crippen molar-refractivity contribution in [3.63, 3.8) is 0 Å². The van der Waals surface area contributed by atoms with E-state index in [9.17, 15) is 23.2 Å². The maximum atomic E-state index is 13.5. The molecule has 0 saturated heterocycles. The Kier molecular flexibility index (Phi) is 8.13. The fourth-order valence-corrected chi connectivity index (χ4v) is 3.00. The molecule has 0 heterocycles. The fraction of sp³-hybridized carbons (Fsp3) is 0.304. The van der Waals surface area contributed by atoms with Crippen molar-refractivity contribution in [3.05, 3.63) is 70.8 Å². The highest BCUT2D eigenvalue weighted by Gasteiger charge is 2.35. The molecule has 158 valence electrons. The van der Waals surface area contributed by atoms with Gasteiger partial charge in [-0.25, -0.2) is 4.79 Å². The SMILES string of the molecule is CSC(=O)OC(=C(C#N)c1ccc(CCC(C)C)cc1)c1ccccc1C(F)(F)F. The molecule has 0 fully saturated rings. The first-order valence-corrected chi connectivity index (χ1v) is 10.6. The van der Waals surface area contributed by atoms with Gasteiger partial charge in [0.25, 0.3) is 0 Å². The third-order valence-electron chi connectivity index (χ3n) is 4.42. The number of thioether (sulfide) groups is 1. The standard InChI is InChI=1S/C23H22F3NO2S/c1-15(2)8-9-16-10-12-17(13-11-16)19(14-27)21(29-22(28)30-3)18-6-4-5-7-20(18)23(24,25)26/h4-7,10-13,15H,8-9H2,1-3H3. The Morgan fingerprint density at radius 2 is 1.77 bits per heavy atom. The van der Waals surface area contributed by atoms with E-state index < -0.39 is 22.8 Å². The lowest BCUT2D eigenvalue weighted by atomic mass is 9.96. The smallest absolute Gasteiger partial charge is 0.416 e. The van der Waals surface area contributed by atoms with Crippen LogP contribution in [0.4, 0.5) is 18.0 Å². The lowest BCUT2D eigenvalue weighted by molar-refractivity contribution is -0.137. The monoisotopic (exact) mass is 433 g/mol. The van der Waals surface area contributed by atoms with Gasteiger partial charge in [-0.15, -0.1) is 0 Å². The van der Waals surface area contributed by atoms with Gasteiger partial charge in [-0.05, 0) is 54.0 Å². The average molecular weight is 433 g/mol. The van der Waals surface area contributed by atoms with Crippen LogP contribution in [0.2, 0.25) is 0 Å². The van der Waals surface area contributed by atoms with Gasteiger partial charge in [0, 0.05) is 5.56 Å². The number of halogens is 3. The van der Waals surface area contributed by atoms with Crippen molar-refractivity contribution in [2.24, 2.45) is 5.92 Å². The van der Waals surface area contributed by atoms with Crippen LogP contribution in [0.15, 0.2) is 48.5 Å². The summed E-state index contributed by atoms with van der Waals surface area (Å²) in [4.78, 5) is 11.9. The second-order valence-electron chi connectivity index (χ2n) is 7.04. The molecule has 2 aromatic carbocycles. The highest BCUT2D eigenvalue weighted by Crippen LogP contribution is 2.38. The summed E-state index contributed by atoms with van der Waals surface area (Å²) < 4.78 is 45.9. The fourth-order valence-electron chi connectivity index (χ4n) is 2.83. The van der Waals surface area contributed by atoms with Crippen molar-refractivity contribution in [1.29, 1.82) is 5.26 Å². The molecule has 0 amide bonds. The zero-order chi connectivity index (χ0) is 22.3. The van der Waals surface area contributed by atoms with Crippen molar-refractivity contribution in [1.82, 2.24) is 0 Å². The van der Waals surface area contributed by atoms with Gasteiger partial charge in [0.15, 0.2) is 5.76 Å². The summed E-state index contributed by atoms with van der Waals surface area (Å²) >= 11 is 0.710. The zero-order valence-corrected chi connectivity index (χ0v) is 17.7. The quantitative estimate of drug-likeness (QED) is 0.209. The van der Waals surface area contributed by atoms with E-state index in [4.69, 9.17) is 4.74 Å². The summed E-state index contributed by atoms with van der Waals surface area (Å²) in [5.41, 5.74) is -0.0256. The van der Waals surface area contributed by atoms with E-state index in [1.54, 1.807) is 12.1 Å². The lowest BCUT2D eigenvalue weighted by Crippen LogP contribution is -2.11. The van der Waals surface area contributed by atoms with Crippen molar-refractivity contribution < 1.29 is 22.7 Å². The van der Waals surface area contributed by atoms with Crippen LogP contribution in [0.5, 0.6) is 0 Å². The van der Waals surface area contributed by atoms with Crippen molar-refractivity contribution in [2.45, 2.75) is 32.9 Å². The molecule has 0 bridgehead atoms. The predicted octanol–water partition coefficient (Wildman–Crippen LogP) is 7.19. The number of nitriles is 1. The van der Waals surface area contributed by atoms with Crippen LogP contribution in [0, 0.1) is 17.2 Å². The molecule has 0 radical (unpaired) electrons. The molecule has 0 saturated carbocycles. The van der Waals surface area contributed by atoms with E-state index in [1.165, 1.54) is 24.5 Å². The largest absolute Gasteiger partial charge is 0.417 e. The number of carbonyl (C=O) groups is 1. The van der Waals surface area contributed by atoms with Gasteiger partial charge in [-0.3, -0.25) is 0 Å². The molecule has 0 aliphatic rings. The van der Waals surface area contributed by atoms with Crippen molar-refractivity contribution >= 4 is 28.4 Å². The summed E-state index contributed by atoms with van der Waals surface area (Å²) in [6, 6.07) is 13.7. The molecule has 7 heteroatoms. The van der Waals surface area contributed by atoms with Gasteiger partial charge in [-0.1, -0.05) is 56.3 Å². The maximum Gasteiger partial charge on any atom is 0.417 e. The lowest BCUT2D eigenvalue weighted by Gasteiger charge is -2.17. The van der Waals surface area contributed by atoms with Gasteiger partial charge < -0.3 is 4.74 Å². The second-order valence-corrected chi connectivity index (χ2v) is 7.79. The molecule has 0 N–H and O–H groups in total. The summed E-state index contributed by atoms with van der Waals surface area (Å²) in [5.74, 6) is 0.135. The number of hydrogen-bond acceptors (Lipinski definition) is 4. The van der Waals surface area contributed by atoms with E-state index in [2.05, 4.69) is 13.8 Å². The number of benzene rings is 2. The topological polar surface area (TPSA) is 50.1 Å². The third kappa shape index (κ3) is 6.14. The van der Waals surface area contributed by atoms with Crippen molar-refractivity contribution in [2.75, 3.05) is 6.26 Å². The summed E-state index contributed by atoms with van der Waals surface area (Å²) in [7, 11) is 0. The molecule has 2 rings (SSSR count). The number of aryl methyl sites for hydroxylation is 1. The Labute approximate surface area is 178 Å². The van der Waals surface area contributed by atoms with E-state index >= 15 is 0 Å². The average Bonchev–Trinajstić information content (AvgIpc) is 2.72. The Morgan fingerprint density at radius 1 is 1.13 bits per heavy atom. The number of hydrogen-bond donors (Lipinski definition) is 0. The Morgan fingerprint density at radius 3 is 2.30 bits per heavy atom. The van der Waals surface area contributed by atoms with E-state index in [0.717, 1.165) is 24.5 Å². The number of nitrogens with zero attached hydrogens (tertiary/aromatic N) is 1. The number of alkyl halides is 3. The summed E-state index contributed by atoms with van der Waals surface area (Å²) in [5, 5.41) is 8.95. The number of allylic oxidation sites excluding steroid dienone is 1. The molecule has 0 atom stereocenters. The number of carbonyl (C=O) groups excluding carboxylic acids is 1. The first-order valence-electron chi connectivity index (χ1n) is 9.33.